The van der Waals surface area contributed by atoms with Crippen molar-refractivity contribution in [3.63, 3.8) is 0 Å². The largest absolute Gasteiger partial charge is 0.384 e. The zero-order chi connectivity index (χ0) is 13.4. The van der Waals surface area contributed by atoms with Gasteiger partial charge in [-0.15, -0.1) is 0 Å². The van der Waals surface area contributed by atoms with Gasteiger partial charge in [-0.25, -0.2) is 0 Å². The van der Waals surface area contributed by atoms with Crippen LogP contribution in [0.25, 0.3) is 0 Å². The van der Waals surface area contributed by atoms with Gasteiger partial charge in [-0.2, -0.15) is 0 Å². The average molecular weight is 255 g/mol. The van der Waals surface area contributed by atoms with Crippen LogP contribution < -0.4 is 0 Å². The molecule has 0 radical (unpaired) electrons. The highest BCUT2D eigenvalue weighted by Crippen LogP contribution is 2.51. The molecule has 106 valence electrons. The van der Waals surface area contributed by atoms with E-state index in [1.165, 1.54) is 25.7 Å². The van der Waals surface area contributed by atoms with Gasteiger partial charge in [0.1, 0.15) is 0 Å². The van der Waals surface area contributed by atoms with Gasteiger partial charge in [-0.1, -0.05) is 6.92 Å². The van der Waals surface area contributed by atoms with E-state index in [0.717, 1.165) is 13.2 Å². The average Bonchev–Trinajstić information content (AvgIpc) is 2.47. The molecule has 0 saturated carbocycles. The lowest BCUT2D eigenvalue weighted by atomic mass is 9.83. The molecule has 0 spiro atoms. The molecule has 0 amide bonds. The molecule has 0 unspecified atom stereocenters. The molecule has 3 heteroatoms. The molecule has 4 atom stereocenters. The van der Waals surface area contributed by atoms with E-state index < -0.39 is 0 Å². The predicted octanol–water partition coefficient (Wildman–Crippen LogP) is 2.69. The molecule has 2 rings (SSSR count). The molecule has 2 heterocycles. The maximum atomic E-state index is 5.65. The number of hydrogen-bond acceptors (Lipinski definition) is 3. The number of piperidine rings is 1. The Labute approximate surface area is 112 Å². The Bertz CT molecular complexity index is 276. The summed E-state index contributed by atoms with van der Waals surface area (Å²) in [5.74, 6) is 0.603. The fourth-order valence-corrected chi connectivity index (χ4v) is 4.19. The molecule has 2 bridgehead atoms. The molecule has 0 aromatic heterocycles. The lowest BCUT2D eigenvalue weighted by Gasteiger charge is -2.51. The minimum atomic E-state index is 0.329. The maximum absolute atomic E-state index is 5.65. The van der Waals surface area contributed by atoms with E-state index in [1.54, 1.807) is 7.11 Å². The van der Waals surface area contributed by atoms with Crippen LogP contribution in [0.5, 0.6) is 0 Å². The Hall–Kier alpha value is -0.120. The van der Waals surface area contributed by atoms with Gasteiger partial charge in [0, 0.05) is 38.4 Å². The van der Waals surface area contributed by atoms with Crippen molar-refractivity contribution in [3.8, 4) is 0 Å². The van der Waals surface area contributed by atoms with E-state index in [1.807, 2.05) is 7.11 Å². The normalized spacial score (nSPS) is 42.2. The summed E-state index contributed by atoms with van der Waals surface area (Å²) in [5.41, 5.74) is 0.658. The summed E-state index contributed by atoms with van der Waals surface area (Å²) in [6.45, 7) is 9.14. The molecule has 0 aromatic rings. The summed E-state index contributed by atoms with van der Waals surface area (Å²) in [4.78, 5) is 2.75. The first-order valence-corrected chi connectivity index (χ1v) is 7.23. The van der Waals surface area contributed by atoms with Crippen LogP contribution in [0.3, 0.4) is 0 Å². The third-order valence-corrected chi connectivity index (χ3v) is 5.12. The number of rotatable bonds is 5. The minimum Gasteiger partial charge on any atom is -0.384 e. The van der Waals surface area contributed by atoms with Crippen molar-refractivity contribution in [1.29, 1.82) is 0 Å². The Morgan fingerprint density at radius 1 is 1.17 bits per heavy atom. The van der Waals surface area contributed by atoms with Gasteiger partial charge in [0.2, 0.25) is 0 Å². The molecule has 2 aliphatic heterocycles. The van der Waals surface area contributed by atoms with Crippen molar-refractivity contribution < 1.29 is 9.47 Å². The van der Waals surface area contributed by atoms with Gasteiger partial charge in [0.25, 0.3) is 0 Å². The Balaban J connectivity index is 2.11. The summed E-state index contributed by atoms with van der Waals surface area (Å²) < 4.78 is 10.9. The van der Waals surface area contributed by atoms with E-state index in [4.69, 9.17) is 9.47 Å². The first-order chi connectivity index (χ1) is 8.43. The van der Waals surface area contributed by atoms with Crippen molar-refractivity contribution in [2.24, 2.45) is 5.92 Å². The second kappa shape index (κ2) is 5.10. The highest BCUT2D eigenvalue weighted by molar-refractivity contribution is 5.11. The molecular formula is C15H29NO2. The van der Waals surface area contributed by atoms with E-state index in [0.29, 0.717) is 23.1 Å². The summed E-state index contributed by atoms with van der Waals surface area (Å²) in [6, 6.07) is 0. The standard InChI is InChI=1S/C15H29NO2/c1-12(11-17-4)10-16-14(2)6-7-15(16,3)9-13(8-14)18-5/h12-13H,6-11H2,1-5H3/t12-,13-,14-,15+/m1/s1. The Morgan fingerprint density at radius 3 is 2.17 bits per heavy atom. The van der Waals surface area contributed by atoms with Crippen molar-refractivity contribution >= 4 is 0 Å². The molecule has 0 aliphatic carbocycles. The van der Waals surface area contributed by atoms with Gasteiger partial charge >= 0.3 is 0 Å². The number of ether oxygens (including phenoxy) is 2. The van der Waals surface area contributed by atoms with Crippen LogP contribution >= 0.6 is 0 Å². The third kappa shape index (κ3) is 2.45. The van der Waals surface area contributed by atoms with Crippen LogP contribution in [0.1, 0.15) is 46.5 Å². The SMILES string of the molecule is COC[C@H](C)CN1[C@@]2(C)CC[C@]1(C)C[C@@H](OC)C2. The lowest BCUT2D eigenvalue weighted by Crippen LogP contribution is -2.59. The van der Waals surface area contributed by atoms with E-state index in [-0.39, 0.29) is 0 Å². The van der Waals surface area contributed by atoms with Crippen molar-refractivity contribution in [3.05, 3.63) is 0 Å². The zero-order valence-corrected chi connectivity index (χ0v) is 12.7. The third-order valence-electron chi connectivity index (χ3n) is 5.12. The van der Waals surface area contributed by atoms with Gasteiger partial charge < -0.3 is 9.47 Å². The van der Waals surface area contributed by atoms with Crippen LogP contribution in [0.15, 0.2) is 0 Å². The Morgan fingerprint density at radius 2 is 1.72 bits per heavy atom. The van der Waals surface area contributed by atoms with Crippen LogP contribution in [0, 0.1) is 5.92 Å². The van der Waals surface area contributed by atoms with Crippen LogP contribution in [-0.4, -0.2) is 49.5 Å². The molecule has 2 fully saturated rings. The Kier molecular flexibility index (Phi) is 4.05. The van der Waals surface area contributed by atoms with Gasteiger partial charge in [0.05, 0.1) is 6.10 Å². The second-order valence-electron chi connectivity index (χ2n) is 6.93. The minimum absolute atomic E-state index is 0.329. The fourth-order valence-electron chi connectivity index (χ4n) is 4.19. The highest BCUT2D eigenvalue weighted by Gasteiger charge is 2.55. The van der Waals surface area contributed by atoms with E-state index >= 15 is 0 Å². The highest BCUT2D eigenvalue weighted by atomic mass is 16.5. The quantitative estimate of drug-likeness (QED) is 0.754. The fraction of sp³-hybridized carbons (Fsp3) is 1.00. The molecule has 2 saturated heterocycles. The van der Waals surface area contributed by atoms with Gasteiger partial charge in [-0.05, 0) is 45.4 Å². The second-order valence-corrected chi connectivity index (χ2v) is 6.93. The summed E-state index contributed by atoms with van der Waals surface area (Å²) in [7, 11) is 3.66. The van der Waals surface area contributed by atoms with Crippen LogP contribution in [0.2, 0.25) is 0 Å². The van der Waals surface area contributed by atoms with Crippen molar-refractivity contribution in [1.82, 2.24) is 4.90 Å². The zero-order valence-electron chi connectivity index (χ0n) is 12.7. The first-order valence-electron chi connectivity index (χ1n) is 7.23. The van der Waals surface area contributed by atoms with Gasteiger partial charge in [0.15, 0.2) is 0 Å². The summed E-state index contributed by atoms with van der Waals surface area (Å²) >= 11 is 0. The molecule has 0 N–H and O–H groups in total. The van der Waals surface area contributed by atoms with Crippen LogP contribution in [-0.2, 0) is 9.47 Å². The first kappa shape index (κ1) is 14.3. The van der Waals surface area contributed by atoms with E-state index in [2.05, 4.69) is 25.7 Å². The summed E-state index contributed by atoms with van der Waals surface area (Å²) in [6.07, 6.45) is 5.42. The number of fused-ring (bicyclic) bond motifs is 2. The number of hydrogen-bond donors (Lipinski definition) is 0. The molecule has 18 heavy (non-hydrogen) atoms. The van der Waals surface area contributed by atoms with Crippen LogP contribution in [0.4, 0.5) is 0 Å². The molecule has 3 nitrogen and oxygen atoms in total. The van der Waals surface area contributed by atoms with Crippen molar-refractivity contribution in [2.45, 2.75) is 63.6 Å². The van der Waals surface area contributed by atoms with Crippen molar-refractivity contribution in [2.75, 3.05) is 27.4 Å². The summed E-state index contributed by atoms with van der Waals surface area (Å²) in [5, 5.41) is 0. The molecular weight excluding hydrogens is 226 g/mol. The smallest absolute Gasteiger partial charge is 0.0606 e. The maximum Gasteiger partial charge on any atom is 0.0606 e. The van der Waals surface area contributed by atoms with Gasteiger partial charge in [-0.3, -0.25) is 4.90 Å². The topological polar surface area (TPSA) is 21.7 Å². The monoisotopic (exact) mass is 255 g/mol. The van der Waals surface area contributed by atoms with E-state index in [9.17, 15) is 0 Å². The molecule has 0 aromatic carbocycles. The lowest BCUT2D eigenvalue weighted by molar-refractivity contribution is -0.0755. The molecule has 2 aliphatic rings. The number of methoxy groups -OCH3 is 2. The number of nitrogens with zero attached hydrogens (tertiary/aromatic N) is 1. The predicted molar refractivity (Wildman–Crippen MR) is 73.8 cm³/mol.